The lowest BCUT2D eigenvalue weighted by atomic mass is 9.95. The van der Waals surface area contributed by atoms with Gasteiger partial charge >= 0.3 is 6.98 Å². The van der Waals surface area contributed by atoms with Crippen LogP contribution in [0.5, 0.6) is 5.75 Å². The van der Waals surface area contributed by atoms with Crippen LogP contribution in [-0.2, 0) is 0 Å². The van der Waals surface area contributed by atoms with E-state index in [2.05, 4.69) is 25.7 Å². The standard InChI is InChI=1S/C6H5BBrF3NO/c8-5-1-6(3-12-2-5)13-4-7(9,10)11/h1-3H,4H2/q-1. The highest BCUT2D eigenvalue weighted by Crippen LogP contribution is 2.17. The second-order valence-electron chi connectivity index (χ2n) is 2.36. The van der Waals surface area contributed by atoms with Gasteiger partial charge in [-0.05, 0) is 22.0 Å². The Morgan fingerprint density at radius 3 is 2.62 bits per heavy atom. The molecule has 0 fully saturated rings. The van der Waals surface area contributed by atoms with Gasteiger partial charge in [0.05, 0.1) is 12.7 Å². The molecule has 1 aromatic heterocycles. The fourth-order valence-electron chi connectivity index (χ4n) is 0.662. The fourth-order valence-corrected chi connectivity index (χ4v) is 1.01. The van der Waals surface area contributed by atoms with Crippen molar-refractivity contribution >= 4 is 22.9 Å². The normalized spacial score (nSPS) is 11.4. The van der Waals surface area contributed by atoms with Crippen molar-refractivity contribution in [2.45, 2.75) is 0 Å². The van der Waals surface area contributed by atoms with Crippen LogP contribution in [0.4, 0.5) is 12.9 Å². The van der Waals surface area contributed by atoms with Gasteiger partial charge < -0.3 is 17.7 Å². The first-order chi connectivity index (χ1) is 5.97. The van der Waals surface area contributed by atoms with Crippen LogP contribution in [0.3, 0.4) is 0 Å². The summed E-state index contributed by atoms with van der Waals surface area (Å²) in [4.78, 5) is 3.65. The first-order valence-electron chi connectivity index (χ1n) is 3.42. The van der Waals surface area contributed by atoms with Gasteiger partial charge in [0.15, 0.2) is 0 Å². The molecular weight excluding hydrogens is 250 g/mol. The summed E-state index contributed by atoms with van der Waals surface area (Å²) in [6, 6.07) is 1.43. The van der Waals surface area contributed by atoms with Gasteiger partial charge in [-0.25, -0.2) is 0 Å². The average molecular weight is 255 g/mol. The van der Waals surface area contributed by atoms with Gasteiger partial charge in [0, 0.05) is 10.7 Å². The molecule has 0 spiro atoms. The van der Waals surface area contributed by atoms with Gasteiger partial charge in [-0.15, -0.1) is 0 Å². The highest BCUT2D eigenvalue weighted by Gasteiger charge is 2.24. The minimum atomic E-state index is -4.90. The van der Waals surface area contributed by atoms with Crippen molar-refractivity contribution in [3.63, 3.8) is 0 Å². The van der Waals surface area contributed by atoms with Crippen LogP contribution in [0.15, 0.2) is 22.9 Å². The monoisotopic (exact) mass is 254 g/mol. The molecule has 0 saturated heterocycles. The second kappa shape index (κ2) is 4.00. The van der Waals surface area contributed by atoms with Crippen LogP contribution in [0.25, 0.3) is 0 Å². The van der Waals surface area contributed by atoms with Gasteiger partial charge in [0.1, 0.15) is 5.75 Å². The molecule has 0 aromatic carbocycles. The van der Waals surface area contributed by atoms with Crippen LogP contribution in [0, 0.1) is 0 Å². The highest BCUT2D eigenvalue weighted by atomic mass is 79.9. The van der Waals surface area contributed by atoms with E-state index in [1.165, 1.54) is 18.5 Å². The lowest BCUT2D eigenvalue weighted by molar-refractivity contribution is 0.312. The molecule has 7 heteroatoms. The Kier molecular flexibility index (Phi) is 3.19. The number of hydrogen-bond acceptors (Lipinski definition) is 2. The first-order valence-corrected chi connectivity index (χ1v) is 4.21. The summed E-state index contributed by atoms with van der Waals surface area (Å²) >= 11 is 3.06. The quantitative estimate of drug-likeness (QED) is 0.774. The third kappa shape index (κ3) is 4.16. The molecule has 0 atom stereocenters. The molecule has 1 rings (SSSR count). The molecule has 0 aliphatic rings. The molecule has 0 saturated carbocycles. The molecule has 0 bridgehead atoms. The van der Waals surface area contributed by atoms with Gasteiger partial charge in [0.2, 0.25) is 0 Å². The third-order valence-corrected chi connectivity index (χ3v) is 1.55. The minimum absolute atomic E-state index is 0.105. The largest absolute Gasteiger partial charge is 0.520 e. The van der Waals surface area contributed by atoms with E-state index in [9.17, 15) is 12.9 Å². The zero-order valence-corrected chi connectivity index (χ0v) is 7.97. The number of nitrogens with zero attached hydrogens (tertiary/aromatic N) is 1. The zero-order chi connectivity index (χ0) is 9.90. The first kappa shape index (κ1) is 10.4. The molecule has 13 heavy (non-hydrogen) atoms. The van der Waals surface area contributed by atoms with Gasteiger partial charge in [-0.1, -0.05) is 0 Å². The summed E-state index contributed by atoms with van der Waals surface area (Å²) in [5.74, 6) is 0.105. The molecule has 0 aliphatic heterocycles. The molecule has 72 valence electrons. The summed E-state index contributed by atoms with van der Waals surface area (Å²) in [6.07, 6.45) is 2.69. The van der Waals surface area contributed by atoms with Gasteiger partial charge in [0.25, 0.3) is 0 Å². The van der Waals surface area contributed by atoms with Gasteiger partial charge in [-0.2, -0.15) is 0 Å². The summed E-state index contributed by atoms with van der Waals surface area (Å²) < 4.78 is 40.3. The lowest BCUT2D eigenvalue weighted by Crippen LogP contribution is -2.26. The number of hydrogen-bond donors (Lipinski definition) is 0. The van der Waals surface area contributed by atoms with E-state index >= 15 is 0 Å². The smallest absolute Gasteiger partial charge is 0.515 e. The van der Waals surface area contributed by atoms with Crippen molar-refractivity contribution in [3.05, 3.63) is 22.9 Å². The van der Waals surface area contributed by atoms with E-state index in [0.29, 0.717) is 4.47 Å². The number of rotatable bonds is 3. The van der Waals surface area contributed by atoms with Crippen molar-refractivity contribution in [1.29, 1.82) is 0 Å². The molecule has 2 nitrogen and oxygen atoms in total. The predicted molar refractivity (Wildman–Crippen MR) is 46.5 cm³/mol. The van der Waals surface area contributed by atoms with Crippen molar-refractivity contribution < 1.29 is 17.7 Å². The SMILES string of the molecule is F[B-](F)(F)COc1cncc(Br)c1. The third-order valence-electron chi connectivity index (χ3n) is 1.12. The Hall–Kier alpha value is -0.715. The van der Waals surface area contributed by atoms with Crippen molar-refractivity contribution in [1.82, 2.24) is 4.98 Å². The summed E-state index contributed by atoms with van der Waals surface area (Å²) in [6.45, 7) is -6.14. The average Bonchev–Trinajstić information content (AvgIpc) is 2.00. The van der Waals surface area contributed by atoms with E-state index < -0.39 is 13.5 Å². The summed E-state index contributed by atoms with van der Waals surface area (Å²) in [5.41, 5.74) is 0. The van der Waals surface area contributed by atoms with E-state index in [1.807, 2.05) is 0 Å². The maximum atomic E-state index is 11.7. The van der Waals surface area contributed by atoms with E-state index in [4.69, 9.17) is 0 Å². The Morgan fingerprint density at radius 1 is 1.38 bits per heavy atom. The second-order valence-corrected chi connectivity index (χ2v) is 3.28. The summed E-state index contributed by atoms with van der Waals surface area (Å²) in [5, 5.41) is 0. The maximum Gasteiger partial charge on any atom is 0.515 e. The molecule has 0 N–H and O–H groups in total. The summed E-state index contributed by atoms with van der Waals surface area (Å²) in [7, 11) is 0. The topological polar surface area (TPSA) is 22.1 Å². The van der Waals surface area contributed by atoms with Crippen LogP contribution < -0.4 is 4.74 Å². The molecule has 0 radical (unpaired) electrons. The van der Waals surface area contributed by atoms with Crippen molar-refractivity contribution in [2.75, 3.05) is 6.51 Å². The Balaban J connectivity index is 2.55. The Labute approximate surface area is 81.3 Å². The highest BCUT2D eigenvalue weighted by molar-refractivity contribution is 9.10. The maximum absolute atomic E-state index is 11.7. The van der Waals surface area contributed by atoms with Gasteiger partial charge in [-0.3, -0.25) is 4.98 Å². The molecule has 0 unspecified atom stereocenters. The van der Waals surface area contributed by atoms with Crippen molar-refractivity contribution in [2.24, 2.45) is 0 Å². The number of ether oxygens (including phenoxy) is 1. The van der Waals surface area contributed by atoms with Crippen LogP contribution in [-0.4, -0.2) is 18.5 Å². The molecule has 1 aromatic rings. The number of aromatic nitrogens is 1. The predicted octanol–water partition coefficient (Wildman–Crippen LogP) is 2.61. The van der Waals surface area contributed by atoms with Crippen LogP contribution in [0.2, 0.25) is 0 Å². The number of pyridine rings is 1. The minimum Gasteiger partial charge on any atom is -0.520 e. The van der Waals surface area contributed by atoms with Crippen LogP contribution in [0.1, 0.15) is 0 Å². The Bertz CT molecular complexity index is 293. The Morgan fingerprint density at radius 2 is 2.08 bits per heavy atom. The van der Waals surface area contributed by atoms with E-state index in [0.717, 1.165) is 0 Å². The molecule has 0 amide bonds. The van der Waals surface area contributed by atoms with E-state index in [-0.39, 0.29) is 5.75 Å². The molecule has 0 aliphatic carbocycles. The zero-order valence-electron chi connectivity index (χ0n) is 6.38. The fraction of sp³-hybridized carbons (Fsp3) is 0.167. The van der Waals surface area contributed by atoms with E-state index in [1.54, 1.807) is 0 Å². The van der Waals surface area contributed by atoms with Crippen LogP contribution >= 0.6 is 15.9 Å². The lowest BCUT2D eigenvalue weighted by Gasteiger charge is -2.14. The van der Waals surface area contributed by atoms with Crippen molar-refractivity contribution in [3.8, 4) is 5.75 Å². The molecular formula is C6H5BBrF3NO-. The molecule has 1 heterocycles. The number of halogens is 4.